The van der Waals surface area contributed by atoms with E-state index in [9.17, 15) is 5.11 Å². The van der Waals surface area contributed by atoms with E-state index in [1.54, 1.807) is 0 Å². The molecule has 0 radical (unpaired) electrons. The second-order valence-electron chi connectivity index (χ2n) is 6.54. The summed E-state index contributed by atoms with van der Waals surface area (Å²) in [5.74, 6) is 1.55. The molecule has 26 heavy (non-hydrogen) atoms. The van der Waals surface area contributed by atoms with Gasteiger partial charge in [-0.05, 0) is 62.2 Å². The van der Waals surface area contributed by atoms with Gasteiger partial charge in [0, 0.05) is 17.6 Å². The number of β-amino-alcohol motifs (C(OH)–C–C–N with tert-alkyl or cyclic N) is 1. The zero-order chi connectivity index (χ0) is 18.4. The number of halogens is 1. The van der Waals surface area contributed by atoms with E-state index in [1.807, 2.05) is 49.4 Å². The summed E-state index contributed by atoms with van der Waals surface area (Å²) in [6, 6.07) is 15.7. The SMILES string of the molecule is CCOc1ccc(OC[C@@H](O)CN2CCC[C@H]2c2ccccc2Cl)cc1. The molecule has 0 amide bonds. The van der Waals surface area contributed by atoms with Gasteiger partial charge in [-0.25, -0.2) is 0 Å². The monoisotopic (exact) mass is 375 g/mol. The second kappa shape index (κ2) is 9.26. The summed E-state index contributed by atoms with van der Waals surface area (Å²) >= 11 is 6.36. The van der Waals surface area contributed by atoms with Gasteiger partial charge in [0.2, 0.25) is 0 Å². The molecule has 1 aliphatic heterocycles. The van der Waals surface area contributed by atoms with Crippen LogP contribution in [0.3, 0.4) is 0 Å². The number of benzene rings is 2. The fourth-order valence-corrected chi connectivity index (χ4v) is 3.72. The molecule has 4 nitrogen and oxygen atoms in total. The van der Waals surface area contributed by atoms with Crippen LogP contribution in [-0.2, 0) is 0 Å². The summed E-state index contributed by atoms with van der Waals surface area (Å²) < 4.78 is 11.1. The molecule has 1 saturated heterocycles. The lowest BCUT2D eigenvalue weighted by atomic mass is 10.0. The van der Waals surface area contributed by atoms with Crippen molar-refractivity contribution in [1.29, 1.82) is 0 Å². The minimum absolute atomic E-state index is 0.264. The summed E-state index contributed by atoms with van der Waals surface area (Å²) in [6.45, 7) is 4.40. The first-order chi connectivity index (χ1) is 12.7. The zero-order valence-corrected chi connectivity index (χ0v) is 15.9. The number of hydrogen-bond acceptors (Lipinski definition) is 4. The normalized spacial score (nSPS) is 18.7. The molecule has 0 bridgehead atoms. The van der Waals surface area contributed by atoms with E-state index < -0.39 is 6.10 Å². The van der Waals surface area contributed by atoms with Crippen molar-refractivity contribution in [3.05, 3.63) is 59.1 Å². The Kier molecular flexibility index (Phi) is 6.78. The van der Waals surface area contributed by atoms with Gasteiger partial charge in [-0.15, -0.1) is 0 Å². The van der Waals surface area contributed by atoms with Crippen molar-refractivity contribution in [1.82, 2.24) is 4.90 Å². The maximum Gasteiger partial charge on any atom is 0.119 e. The molecule has 0 saturated carbocycles. The molecule has 1 fully saturated rings. The lowest BCUT2D eigenvalue weighted by molar-refractivity contribution is 0.0638. The van der Waals surface area contributed by atoms with Crippen LogP contribution in [0.1, 0.15) is 31.4 Å². The summed E-state index contributed by atoms with van der Waals surface area (Å²) in [6.07, 6.45) is 1.63. The van der Waals surface area contributed by atoms with Crippen LogP contribution in [-0.4, -0.2) is 42.4 Å². The Balaban J connectivity index is 1.52. The number of rotatable bonds is 8. The average Bonchev–Trinajstić information content (AvgIpc) is 3.09. The summed E-state index contributed by atoms with van der Waals surface area (Å²) in [4.78, 5) is 2.30. The van der Waals surface area contributed by atoms with Crippen LogP contribution in [0.25, 0.3) is 0 Å². The first kappa shape index (κ1) is 19.0. The summed E-state index contributed by atoms with van der Waals surface area (Å²) in [5, 5.41) is 11.2. The van der Waals surface area contributed by atoms with Gasteiger partial charge >= 0.3 is 0 Å². The predicted molar refractivity (Wildman–Crippen MR) is 104 cm³/mol. The lowest BCUT2D eigenvalue weighted by Crippen LogP contribution is -2.35. The Morgan fingerprint density at radius 1 is 1.12 bits per heavy atom. The van der Waals surface area contributed by atoms with Crippen molar-refractivity contribution < 1.29 is 14.6 Å². The van der Waals surface area contributed by atoms with Gasteiger partial charge in [-0.1, -0.05) is 29.8 Å². The molecule has 5 heteroatoms. The molecule has 1 aliphatic rings. The fraction of sp³-hybridized carbons (Fsp3) is 0.429. The van der Waals surface area contributed by atoms with E-state index in [0.717, 1.165) is 41.5 Å². The van der Waals surface area contributed by atoms with Crippen LogP contribution in [0, 0.1) is 0 Å². The molecule has 0 aromatic heterocycles. The third kappa shape index (κ3) is 4.91. The lowest BCUT2D eigenvalue weighted by Gasteiger charge is -2.27. The van der Waals surface area contributed by atoms with Gasteiger partial charge in [0.05, 0.1) is 6.61 Å². The van der Waals surface area contributed by atoms with Gasteiger partial charge < -0.3 is 14.6 Å². The summed E-state index contributed by atoms with van der Waals surface area (Å²) in [7, 11) is 0. The van der Waals surface area contributed by atoms with Crippen LogP contribution in [0.2, 0.25) is 5.02 Å². The highest BCUT2D eigenvalue weighted by Crippen LogP contribution is 2.35. The van der Waals surface area contributed by atoms with Crippen molar-refractivity contribution >= 4 is 11.6 Å². The topological polar surface area (TPSA) is 41.9 Å². The smallest absolute Gasteiger partial charge is 0.119 e. The third-order valence-corrected chi connectivity index (χ3v) is 4.99. The minimum Gasteiger partial charge on any atom is -0.494 e. The Hall–Kier alpha value is -1.75. The first-order valence-electron chi connectivity index (χ1n) is 9.19. The standard InChI is InChI=1S/C21H26ClNO3/c1-2-25-17-9-11-18(12-10-17)26-15-16(24)14-23-13-5-8-21(23)19-6-3-4-7-20(19)22/h3-4,6-7,9-12,16,21,24H,2,5,8,13-15H2,1H3/t16-,21-/m0/s1. The molecule has 0 aliphatic carbocycles. The summed E-state index contributed by atoms with van der Waals surface area (Å²) in [5.41, 5.74) is 1.14. The molecular formula is C21H26ClNO3. The Labute approximate surface area is 160 Å². The molecule has 3 rings (SSSR count). The highest BCUT2D eigenvalue weighted by atomic mass is 35.5. The zero-order valence-electron chi connectivity index (χ0n) is 15.1. The molecule has 0 spiro atoms. The average molecular weight is 376 g/mol. The van der Waals surface area contributed by atoms with Crippen LogP contribution < -0.4 is 9.47 Å². The van der Waals surface area contributed by atoms with Gasteiger partial charge in [0.15, 0.2) is 0 Å². The Morgan fingerprint density at radius 3 is 2.50 bits per heavy atom. The van der Waals surface area contributed by atoms with Crippen LogP contribution in [0.4, 0.5) is 0 Å². The van der Waals surface area contributed by atoms with Crippen molar-refractivity contribution in [2.45, 2.75) is 31.9 Å². The van der Waals surface area contributed by atoms with Crippen molar-refractivity contribution in [2.75, 3.05) is 26.3 Å². The molecule has 2 aromatic rings. The van der Waals surface area contributed by atoms with Crippen molar-refractivity contribution in [3.63, 3.8) is 0 Å². The molecule has 2 atom stereocenters. The molecule has 1 N–H and O–H groups in total. The number of aliphatic hydroxyl groups is 1. The second-order valence-corrected chi connectivity index (χ2v) is 6.95. The Morgan fingerprint density at radius 2 is 1.81 bits per heavy atom. The molecule has 2 aromatic carbocycles. The molecule has 0 unspecified atom stereocenters. The van der Waals surface area contributed by atoms with E-state index in [1.165, 1.54) is 0 Å². The van der Waals surface area contributed by atoms with E-state index in [-0.39, 0.29) is 12.6 Å². The van der Waals surface area contributed by atoms with Gasteiger partial charge in [0.25, 0.3) is 0 Å². The van der Waals surface area contributed by atoms with Crippen LogP contribution >= 0.6 is 11.6 Å². The molecular weight excluding hydrogens is 350 g/mol. The highest BCUT2D eigenvalue weighted by molar-refractivity contribution is 6.31. The predicted octanol–water partition coefficient (Wildman–Crippen LogP) is 4.32. The van der Waals surface area contributed by atoms with Gasteiger partial charge in [0.1, 0.15) is 24.2 Å². The fourth-order valence-electron chi connectivity index (χ4n) is 3.46. The quantitative estimate of drug-likeness (QED) is 0.746. The minimum atomic E-state index is -0.551. The number of hydrogen-bond donors (Lipinski definition) is 1. The first-order valence-corrected chi connectivity index (χ1v) is 9.57. The third-order valence-electron chi connectivity index (χ3n) is 4.65. The maximum atomic E-state index is 10.4. The van der Waals surface area contributed by atoms with Gasteiger partial charge in [-0.3, -0.25) is 4.90 Å². The maximum absolute atomic E-state index is 10.4. The van der Waals surface area contributed by atoms with E-state index in [4.69, 9.17) is 21.1 Å². The number of likely N-dealkylation sites (tertiary alicyclic amines) is 1. The van der Waals surface area contributed by atoms with Crippen molar-refractivity contribution in [3.8, 4) is 11.5 Å². The van der Waals surface area contributed by atoms with Crippen LogP contribution in [0.5, 0.6) is 11.5 Å². The van der Waals surface area contributed by atoms with E-state index in [2.05, 4.69) is 11.0 Å². The number of ether oxygens (including phenoxy) is 2. The largest absolute Gasteiger partial charge is 0.494 e. The van der Waals surface area contributed by atoms with E-state index in [0.29, 0.717) is 13.2 Å². The van der Waals surface area contributed by atoms with Crippen molar-refractivity contribution in [2.24, 2.45) is 0 Å². The Bertz CT molecular complexity index is 692. The molecule has 140 valence electrons. The number of aliphatic hydroxyl groups excluding tert-OH is 1. The number of nitrogens with zero attached hydrogens (tertiary/aromatic N) is 1. The molecule has 1 heterocycles. The van der Waals surface area contributed by atoms with Crippen LogP contribution in [0.15, 0.2) is 48.5 Å². The van der Waals surface area contributed by atoms with Gasteiger partial charge in [-0.2, -0.15) is 0 Å². The van der Waals surface area contributed by atoms with E-state index >= 15 is 0 Å². The highest BCUT2D eigenvalue weighted by Gasteiger charge is 2.28.